The molecule has 0 bridgehead atoms. The van der Waals surface area contributed by atoms with E-state index in [0.29, 0.717) is 16.4 Å². The summed E-state index contributed by atoms with van der Waals surface area (Å²) < 4.78 is 0. The summed E-state index contributed by atoms with van der Waals surface area (Å²) in [5.74, 6) is -0.414. The Kier molecular flexibility index (Phi) is 4.85. The fourth-order valence-corrected chi connectivity index (χ4v) is 4.54. The van der Waals surface area contributed by atoms with E-state index in [-0.39, 0.29) is 17.2 Å². The average Bonchev–Trinajstić information content (AvgIpc) is 3.25. The largest absolute Gasteiger partial charge is 0.314 e. The topological polar surface area (TPSA) is 105 Å². The third-order valence-electron chi connectivity index (χ3n) is 5.64. The fourth-order valence-electron chi connectivity index (χ4n) is 3.83. The molecule has 2 heterocycles. The van der Waals surface area contributed by atoms with Crippen molar-refractivity contribution in [3.05, 3.63) is 68.6 Å². The smallest absolute Gasteiger partial charge is 0.273 e. The van der Waals surface area contributed by atoms with Crippen molar-refractivity contribution in [1.82, 2.24) is 4.98 Å². The van der Waals surface area contributed by atoms with E-state index in [0.717, 1.165) is 16.8 Å². The minimum Gasteiger partial charge on any atom is -0.314 e. The molecule has 9 heteroatoms. The van der Waals surface area contributed by atoms with E-state index in [2.05, 4.69) is 10.3 Å². The lowest BCUT2D eigenvalue weighted by molar-refractivity contribution is -0.385. The van der Waals surface area contributed by atoms with Crippen LogP contribution in [-0.4, -0.2) is 28.8 Å². The molecule has 0 spiro atoms. The van der Waals surface area contributed by atoms with Gasteiger partial charge in [-0.2, -0.15) is 0 Å². The summed E-state index contributed by atoms with van der Waals surface area (Å²) in [6.07, 6.45) is 0. The average molecular weight is 436 g/mol. The van der Waals surface area contributed by atoms with E-state index in [1.807, 2.05) is 37.4 Å². The Labute approximate surface area is 182 Å². The number of nitrogens with one attached hydrogen (secondary N) is 1. The molecule has 0 atom stereocenters. The van der Waals surface area contributed by atoms with Crippen LogP contribution in [0.5, 0.6) is 0 Å². The molecule has 158 valence electrons. The molecule has 1 aliphatic heterocycles. The number of benzene rings is 2. The van der Waals surface area contributed by atoms with Gasteiger partial charge >= 0.3 is 0 Å². The van der Waals surface area contributed by atoms with Gasteiger partial charge in [0.15, 0.2) is 5.13 Å². The molecule has 1 N–H and O–H groups in total. The van der Waals surface area contributed by atoms with Gasteiger partial charge in [-0.3, -0.25) is 25.0 Å². The van der Waals surface area contributed by atoms with Gasteiger partial charge in [-0.05, 0) is 44.5 Å². The first-order chi connectivity index (χ1) is 14.6. The van der Waals surface area contributed by atoms with Gasteiger partial charge in [0.2, 0.25) is 5.91 Å². The van der Waals surface area contributed by atoms with E-state index in [1.54, 1.807) is 24.9 Å². The highest BCUT2D eigenvalue weighted by Gasteiger charge is 2.42. The van der Waals surface area contributed by atoms with E-state index < -0.39 is 16.2 Å². The van der Waals surface area contributed by atoms with E-state index in [4.69, 9.17) is 0 Å². The maximum absolute atomic E-state index is 12.7. The summed E-state index contributed by atoms with van der Waals surface area (Å²) in [5.41, 5.74) is 3.14. The number of carbonyl (C=O) groups excluding carboxylic acids is 2. The number of hydrogen-bond donors (Lipinski definition) is 1. The van der Waals surface area contributed by atoms with Crippen LogP contribution in [0.1, 0.15) is 35.3 Å². The first kappa shape index (κ1) is 20.7. The van der Waals surface area contributed by atoms with Crippen molar-refractivity contribution >= 4 is 39.7 Å². The van der Waals surface area contributed by atoms with Gasteiger partial charge in [-0.25, -0.2) is 4.98 Å². The van der Waals surface area contributed by atoms with Crippen LogP contribution in [0.15, 0.2) is 41.8 Å². The molecule has 0 saturated heterocycles. The lowest BCUT2D eigenvalue weighted by Crippen LogP contribution is -2.33. The summed E-state index contributed by atoms with van der Waals surface area (Å²) in [4.78, 5) is 41.9. The van der Waals surface area contributed by atoms with Crippen LogP contribution in [0.3, 0.4) is 0 Å². The second kappa shape index (κ2) is 7.28. The lowest BCUT2D eigenvalue weighted by atomic mass is 9.85. The van der Waals surface area contributed by atoms with Crippen LogP contribution >= 0.6 is 11.3 Å². The molecule has 0 unspecified atom stereocenters. The summed E-state index contributed by atoms with van der Waals surface area (Å²) in [6.45, 7) is 5.34. The number of anilines is 2. The monoisotopic (exact) mass is 436 g/mol. The molecule has 0 fully saturated rings. The van der Waals surface area contributed by atoms with Crippen molar-refractivity contribution in [2.75, 3.05) is 17.3 Å². The Morgan fingerprint density at radius 2 is 2.00 bits per heavy atom. The molecule has 8 nitrogen and oxygen atoms in total. The van der Waals surface area contributed by atoms with Gasteiger partial charge < -0.3 is 4.90 Å². The number of nitrogens with zero attached hydrogens (tertiary/aromatic N) is 3. The van der Waals surface area contributed by atoms with E-state index >= 15 is 0 Å². The number of nitro benzene ring substituents is 1. The molecule has 3 aromatic rings. The third kappa shape index (κ3) is 3.36. The van der Waals surface area contributed by atoms with Crippen molar-refractivity contribution in [3.63, 3.8) is 0 Å². The lowest BCUT2D eigenvalue weighted by Gasteiger charge is -2.16. The molecule has 31 heavy (non-hydrogen) atoms. The SMILES string of the molecule is Cc1c(C(=O)Nc2nc(-c3ccc4c(c3)C(C)(C)C(=O)N4C)cs2)cccc1[N+](=O)[O-]. The number of nitro groups is 1. The summed E-state index contributed by atoms with van der Waals surface area (Å²) in [5, 5.41) is 16.1. The quantitative estimate of drug-likeness (QED) is 0.478. The second-order valence-electron chi connectivity index (χ2n) is 7.92. The number of rotatable bonds is 4. The molecule has 0 radical (unpaired) electrons. The van der Waals surface area contributed by atoms with Gasteiger partial charge in [0.25, 0.3) is 11.6 Å². The van der Waals surface area contributed by atoms with Gasteiger partial charge in [-0.1, -0.05) is 12.1 Å². The predicted molar refractivity (Wildman–Crippen MR) is 120 cm³/mol. The van der Waals surface area contributed by atoms with E-state index in [9.17, 15) is 19.7 Å². The van der Waals surface area contributed by atoms with E-state index in [1.165, 1.54) is 23.5 Å². The highest BCUT2D eigenvalue weighted by molar-refractivity contribution is 7.14. The van der Waals surface area contributed by atoms with Gasteiger partial charge in [0.1, 0.15) is 0 Å². The van der Waals surface area contributed by atoms with Crippen LogP contribution < -0.4 is 10.2 Å². The molecule has 1 aromatic heterocycles. The van der Waals surface area contributed by atoms with Crippen molar-refractivity contribution < 1.29 is 14.5 Å². The minimum absolute atomic E-state index is 0.0400. The highest BCUT2D eigenvalue weighted by atomic mass is 32.1. The Bertz CT molecular complexity index is 1250. The Morgan fingerprint density at radius 3 is 2.71 bits per heavy atom. The maximum Gasteiger partial charge on any atom is 0.273 e. The highest BCUT2D eigenvalue weighted by Crippen LogP contribution is 2.42. The molecule has 1 aliphatic rings. The van der Waals surface area contributed by atoms with Crippen molar-refractivity contribution in [3.8, 4) is 11.3 Å². The standard InChI is InChI=1S/C22H20N4O4S/c1-12-14(6-5-7-17(12)26(29)30)19(27)24-21-23-16(11-31-21)13-8-9-18-15(10-13)22(2,3)20(28)25(18)4/h5-11H,1-4H3,(H,23,24,27). The minimum atomic E-state index is -0.618. The number of thiazole rings is 1. The normalized spacial score (nSPS) is 14.5. The number of likely N-dealkylation sites (N-methyl/N-ethyl adjacent to an activating group) is 1. The van der Waals surface area contributed by atoms with Crippen LogP contribution in [0.2, 0.25) is 0 Å². The number of hydrogen-bond acceptors (Lipinski definition) is 6. The predicted octanol–water partition coefficient (Wildman–Crippen LogP) is 4.53. The Morgan fingerprint density at radius 1 is 1.26 bits per heavy atom. The Balaban J connectivity index is 1.60. The zero-order valence-corrected chi connectivity index (χ0v) is 18.2. The summed E-state index contributed by atoms with van der Waals surface area (Å²) >= 11 is 1.26. The first-order valence-corrected chi connectivity index (χ1v) is 10.4. The van der Waals surface area contributed by atoms with Crippen molar-refractivity contribution in [2.24, 2.45) is 0 Å². The van der Waals surface area contributed by atoms with Crippen molar-refractivity contribution in [2.45, 2.75) is 26.2 Å². The first-order valence-electron chi connectivity index (χ1n) is 9.55. The molecular weight excluding hydrogens is 416 g/mol. The van der Waals surface area contributed by atoms with Crippen LogP contribution in [-0.2, 0) is 10.2 Å². The summed E-state index contributed by atoms with van der Waals surface area (Å²) in [7, 11) is 1.77. The molecule has 4 rings (SSSR count). The molecular formula is C22H20N4O4S. The van der Waals surface area contributed by atoms with Crippen LogP contribution in [0.4, 0.5) is 16.5 Å². The zero-order valence-electron chi connectivity index (χ0n) is 17.4. The molecule has 2 amide bonds. The number of amides is 2. The number of carbonyl (C=O) groups is 2. The van der Waals surface area contributed by atoms with Gasteiger partial charge in [0, 0.05) is 40.9 Å². The molecule has 2 aromatic carbocycles. The molecule has 0 saturated carbocycles. The van der Waals surface area contributed by atoms with Crippen molar-refractivity contribution in [1.29, 1.82) is 0 Å². The van der Waals surface area contributed by atoms with Crippen LogP contribution in [0.25, 0.3) is 11.3 Å². The number of aromatic nitrogens is 1. The number of fused-ring (bicyclic) bond motifs is 1. The van der Waals surface area contributed by atoms with Gasteiger partial charge in [-0.15, -0.1) is 11.3 Å². The fraction of sp³-hybridized carbons (Fsp3) is 0.227. The second-order valence-corrected chi connectivity index (χ2v) is 8.78. The van der Waals surface area contributed by atoms with Crippen LogP contribution in [0, 0.1) is 17.0 Å². The maximum atomic E-state index is 12.7. The third-order valence-corrected chi connectivity index (χ3v) is 6.40. The molecule has 0 aliphatic carbocycles. The zero-order chi connectivity index (χ0) is 22.5. The van der Waals surface area contributed by atoms with Gasteiger partial charge in [0.05, 0.1) is 16.0 Å². The Hall–Kier alpha value is -3.59. The summed E-state index contributed by atoms with van der Waals surface area (Å²) in [6, 6.07) is 10.2.